The zero-order valence-electron chi connectivity index (χ0n) is 17.0. The van der Waals surface area contributed by atoms with E-state index in [9.17, 15) is 9.59 Å². The average molecular weight is 423 g/mol. The molecule has 2 N–H and O–H groups in total. The third-order valence-electron chi connectivity index (χ3n) is 3.60. The van der Waals surface area contributed by atoms with E-state index in [1.807, 2.05) is 13.8 Å². The number of ether oxygens (including phenoxy) is 4. The number of carbonyl (C=O) groups is 2. The predicted octanol–water partition coefficient (Wildman–Crippen LogP) is 3.55. The van der Waals surface area contributed by atoms with E-state index in [0.29, 0.717) is 40.4 Å². The first-order chi connectivity index (χ1) is 13.9. The fourth-order valence-corrected chi connectivity index (χ4v) is 3.03. The van der Waals surface area contributed by atoms with Gasteiger partial charge in [-0.2, -0.15) is 0 Å². The summed E-state index contributed by atoms with van der Waals surface area (Å²) in [6.07, 6.45) is -0.530. The van der Waals surface area contributed by atoms with Gasteiger partial charge in [0.05, 0.1) is 40.1 Å². The maximum absolute atomic E-state index is 12.4. The van der Waals surface area contributed by atoms with Gasteiger partial charge in [-0.05, 0) is 5.92 Å². The Labute approximate surface area is 173 Å². The molecule has 1 heterocycles. The summed E-state index contributed by atoms with van der Waals surface area (Å²) >= 11 is 1.22. The second-order valence-electron chi connectivity index (χ2n) is 6.40. The highest BCUT2D eigenvalue weighted by Gasteiger charge is 2.16. The van der Waals surface area contributed by atoms with Crippen LogP contribution in [0, 0.1) is 5.92 Å². The Hall–Kier alpha value is -3.01. The van der Waals surface area contributed by atoms with Crippen molar-refractivity contribution >= 4 is 34.2 Å². The molecule has 0 bridgehead atoms. The predicted molar refractivity (Wildman–Crippen MR) is 110 cm³/mol. The van der Waals surface area contributed by atoms with Crippen molar-refractivity contribution in [3.63, 3.8) is 0 Å². The molecule has 0 aliphatic rings. The summed E-state index contributed by atoms with van der Waals surface area (Å²) in [5.74, 6) is 1.27. The summed E-state index contributed by atoms with van der Waals surface area (Å²) in [7, 11) is 4.50. The molecule has 1 aromatic heterocycles. The lowest BCUT2D eigenvalue weighted by atomic mass is 10.2. The third-order valence-corrected chi connectivity index (χ3v) is 4.41. The molecular weight excluding hydrogens is 398 g/mol. The number of hydrogen-bond acceptors (Lipinski definition) is 8. The number of amides is 2. The highest BCUT2D eigenvalue weighted by atomic mass is 32.1. The van der Waals surface area contributed by atoms with E-state index in [0.717, 1.165) is 0 Å². The highest BCUT2D eigenvalue weighted by molar-refractivity contribution is 7.13. The van der Waals surface area contributed by atoms with Gasteiger partial charge >= 0.3 is 6.09 Å². The van der Waals surface area contributed by atoms with Gasteiger partial charge in [0.1, 0.15) is 0 Å². The Balaban J connectivity index is 1.98. The van der Waals surface area contributed by atoms with Gasteiger partial charge in [0.25, 0.3) is 0 Å². The van der Waals surface area contributed by atoms with Crippen molar-refractivity contribution < 1.29 is 28.5 Å². The number of thiazole rings is 1. The molecule has 0 radical (unpaired) electrons. The number of nitrogens with one attached hydrogen (secondary N) is 2. The molecule has 0 saturated carbocycles. The van der Waals surface area contributed by atoms with Gasteiger partial charge in [0, 0.05) is 23.2 Å². The zero-order chi connectivity index (χ0) is 21.4. The van der Waals surface area contributed by atoms with Crippen LogP contribution in [0.2, 0.25) is 0 Å². The first-order valence-electron chi connectivity index (χ1n) is 8.84. The van der Waals surface area contributed by atoms with Gasteiger partial charge in [-0.25, -0.2) is 9.78 Å². The molecule has 158 valence electrons. The van der Waals surface area contributed by atoms with Crippen LogP contribution in [0.1, 0.15) is 19.5 Å². The molecule has 2 rings (SSSR count). The quantitative estimate of drug-likeness (QED) is 0.635. The monoisotopic (exact) mass is 423 g/mol. The highest BCUT2D eigenvalue weighted by Crippen LogP contribution is 2.39. The van der Waals surface area contributed by atoms with Gasteiger partial charge in [-0.3, -0.25) is 10.1 Å². The number of nitrogens with zero attached hydrogens (tertiary/aromatic N) is 1. The van der Waals surface area contributed by atoms with E-state index in [2.05, 4.69) is 15.6 Å². The van der Waals surface area contributed by atoms with Crippen molar-refractivity contribution in [1.82, 2.24) is 4.98 Å². The summed E-state index contributed by atoms with van der Waals surface area (Å²) in [6.45, 7) is 4.21. The van der Waals surface area contributed by atoms with Crippen LogP contribution in [0.4, 0.5) is 15.6 Å². The van der Waals surface area contributed by atoms with Crippen molar-refractivity contribution in [2.45, 2.75) is 20.3 Å². The number of hydrogen-bond donors (Lipinski definition) is 2. The largest absolute Gasteiger partial charge is 0.493 e. The number of aromatic nitrogens is 1. The average Bonchev–Trinajstić information content (AvgIpc) is 3.11. The van der Waals surface area contributed by atoms with E-state index in [-0.39, 0.29) is 18.2 Å². The summed E-state index contributed by atoms with van der Waals surface area (Å²) in [5.41, 5.74) is 1.02. The normalized spacial score (nSPS) is 10.4. The molecule has 0 saturated heterocycles. The van der Waals surface area contributed by atoms with Gasteiger partial charge in [0.2, 0.25) is 11.7 Å². The van der Waals surface area contributed by atoms with Crippen LogP contribution in [0.15, 0.2) is 17.5 Å². The molecule has 1 aromatic carbocycles. The summed E-state index contributed by atoms with van der Waals surface area (Å²) in [5, 5.41) is 7.39. The van der Waals surface area contributed by atoms with Crippen LogP contribution in [-0.2, 0) is 16.0 Å². The molecule has 9 nitrogen and oxygen atoms in total. The van der Waals surface area contributed by atoms with Crippen LogP contribution in [0.5, 0.6) is 17.2 Å². The van der Waals surface area contributed by atoms with Crippen molar-refractivity contribution in [3.05, 3.63) is 23.2 Å². The fourth-order valence-electron chi connectivity index (χ4n) is 2.33. The smallest absolute Gasteiger partial charge is 0.413 e. The topological polar surface area (TPSA) is 108 Å². The van der Waals surface area contributed by atoms with E-state index in [1.165, 1.54) is 32.7 Å². The molecule has 0 atom stereocenters. The van der Waals surface area contributed by atoms with Gasteiger partial charge in [-0.15, -0.1) is 11.3 Å². The van der Waals surface area contributed by atoms with Crippen molar-refractivity contribution in [3.8, 4) is 17.2 Å². The molecule has 0 spiro atoms. The second-order valence-corrected chi connectivity index (χ2v) is 7.26. The molecule has 0 fully saturated rings. The van der Waals surface area contributed by atoms with Gasteiger partial charge in [-0.1, -0.05) is 13.8 Å². The second kappa shape index (κ2) is 10.5. The Bertz CT molecular complexity index is 827. The Kier molecular flexibility index (Phi) is 8.08. The van der Waals surface area contributed by atoms with Crippen molar-refractivity contribution in [2.75, 3.05) is 38.6 Å². The van der Waals surface area contributed by atoms with E-state index in [4.69, 9.17) is 18.9 Å². The Morgan fingerprint density at radius 2 is 1.72 bits per heavy atom. The lowest BCUT2D eigenvalue weighted by molar-refractivity contribution is -0.115. The number of benzene rings is 1. The van der Waals surface area contributed by atoms with E-state index < -0.39 is 6.09 Å². The van der Waals surface area contributed by atoms with Crippen LogP contribution in [0.3, 0.4) is 0 Å². The van der Waals surface area contributed by atoms with Crippen molar-refractivity contribution in [2.24, 2.45) is 5.92 Å². The molecule has 2 aromatic rings. The van der Waals surface area contributed by atoms with E-state index in [1.54, 1.807) is 17.5 Å². The lowest BCUT2D eigenvalue weighted by Gasteiger charge is -2.14. The number of methoxy groups -OCH3 is 3. The minimum Gasteiger partial charge on any atom is -0.493 e. The standard InChI is InChI=1S/C19H25N3O6S/c1-11(2)9-28-19(24)22-18-21-13(10-29-18)8-16(23)20-12-6-14(25-3)17(27-5)15(7-12)26-4/h6-7,10-11H,8-9H2,1-5H3,(H,20,23)(H,21,22,24). The molecule has 2 amide bonds. The fraction of sp³-hybridized carbons (Fsp3) is 0.421. The van der Waals surface area contributed by atoms with E-state index >= 15 is 0 Å². The molecule has 0 aliphatic heterocycles. The van der Waals surface area contributed by atoms with Crippen LogP contribution >= 0.6 is 11.3 Å². The van der Waals surface area contributed by atoms with Crippen LogP contribution in [0.25, 0.3) is 0 Å². The molecular formula is C19H25N3O6S. The van der Waals surface area contributed by atoms with Crippen molar-refractivity contribution in [1.29, 1.82) is 0 Å². The number of anilines is 2. The minimum absolute atomic E-state index is 0.0376. The van der Waals surface area contributed by atoms with Gasteiger partial charge in [0.15, 0.2) is 16.6 Å². The zero-order valence-corrected chi connectivity index (χ0v) is 17.8. The Morgan fingerprint density at radius 1 is 1.07 bits per heavy atom. The lowest BCUT2D eigenvalue weighted by Crippen LogP contribution is -2.17. The first kappa shape index (κ1) is 22.3. The molecule has 0 unspecified atom stereocenters. The summed E-state index contributed by atoms with van der Waals surface area (Å²) in [6, 6.07) is 3.27. The minimum atomic E-state index is -0.568. The summed E-state index contributed by atoms with van der Waals surface area (Å²) < 4.78 is 20.9. The third kappa shape index (κ3) is 6.53. The Morgan fingerprint density at radius 3 is 2.28 bits per heavy atom. The van der Waals surface area contributed by atoms with Gasteiger partial charge < -0.3 is 24.3 Å². The SMILES string of the molecule is COc1cc(NC(=O)Cc2csc(NC(=O)OCC(C)C)n2)cc(OC)c1OC. The maximum atomic E-state index is 12.4. The number of carbonyl (C=O) groups excluding carboxylic acids is 2. The van der Waals surface area contributed by atoms with Crippen LogP contribution < -0.4 is 24.8 Å². The first-order valence-corrected chi connectivity index (χ1v) is 9.72. The molecule has 0 aliphatic carbocycles. The number of rotatable bonds is 9. The maximum Gasteiger partial charge on any atom is 0.413 e. The molecule has 29 heavy (non-hydrogen) atoms. The summed E-state index contributed by atoms with van der Waals surface area (Å²) in [4.78, 5) is 28.3. The van der Waals surface area contributed by atoms with Crippen LogP contribution in [-0.4, -0.2) is 44.9 Å². The molecule has 10 heteroatoms.